The molecule has 1 N–H and O–H groups in total. The molecule has 1 atom stereocenters. The summed E-state index contributed by atoms with van der Waals surface area (Å²) in [6.45, 7) is 0. The SMILES string of the molecule is O=C([O-])c1ccccc1N=CC1C(=O)NC(=O)N(c2ccccc2)C1=O. The highest BCUT2D eigenvalue weighted by molar-refractivity contribution is 6.32. The van der Waals surface area contributed by atoms with Crippen molar-refractivity contribution in [2.24, 2.45) is 10.9 Å². The summed E-state index contributed by atoms with van der Waals surface area (Å²) in [5, 5.41) is 13.2. The van der Waals surface area contributed by atoms with E-state index in [1.807, 2.05) is 0 Å². The van der Waals surface area contributed by atoms with E-state index in [1.54, 1.807) is 36.4 Å². The molecular weight excluding hydrogens is 338 g/mol. The molecule has 0 bridgehead atoms. The van der Waals surface area contributed by atoms with Gasteiger partial charge in [0.25, 0.3) is 5.91 Å². The topological polar surface area (TPSA) is 119 Å². The van der Waals surface area contributed by atoms with E-state index in [2.05, 4.69) is 10.3 Å². The zero-order chi connectivity index (χ0) is 18.7. The molecule has 1 aliphatic heterocycles. The number of imide groups is 2. The Hall–Kier alpha value is -3.81. The smallest absolute Gasteiger partial charge is 0.335 e. The third-order valence-electron chi connectivity index (χ3n) is 3.70. The van der Waals surface area contributed by atoms with Crippen LogP contribution in [0.3, 0.4) is 0 Å². The zero-order valence-corrected chi connectivity index (χ0v) is 13.3. The summed E-state index contributed by atoms with van der Waals surface area (Å²) in [6.07, 6.45) is 1.02. The van der Waals surface area contributed by atoms with Crippen LogP contribution in [0.2, 0.25) is 0 Å². The first kappa shape index (κ1) is 17.0. The first-order valence-corrected chi connectivity index (χ1v) is 7.57. The van der Waals surface area contributed by atoms with Gasteiger partial charge in [-0.1, -0.05) is 36.4 Å². The Bertz CT molecular complexity index is 923. The highest BCUT2D eigenvalue weighted by Gasteiger charge is 2.40. The Morgan fingerprint density at radius 3 is 2.38 bits per heavy atom. The van der Waals surface area contributed by atoms with Crippen LogP contribution in [0.4, 0.5) is 16.2 Å². The van der Waals surface area contributed by atoms with Gasteiger partial charge >= 0.3 is 6.03 Å². The summed E-state index contributed by atoms with van der Waals surface area (Å²) in [7, 11) is 0. The number of carbonyl (C=O) groups excluding carboxylic acids is 4. The second kappa shape index (κ2) is 6.98. The summed E-state index contributed by atoms with van der Waals surface area (Å²) in [4.78, 5) is 52.5. The van der Waals surface area contributed by atoms with Gasteiger partial charge < -0.3 is 9.90 Å². The number of barbiturate groups is 1. The van der Waals surface area contributed by atoms with E-state index in [9.17, 15) is 24.3 Å². The van der Waals surface area contributed by atoms with Crippen LogP contribution in [0, 0.1) is 5.92 Å². The predicted molar refractivity (Wildman–Crippen MR) is 89.9 cm³/mol. The molecule has 0 aromatic heterocycles. The fourth-order valence-electron chi connectivity index (χ4n) is 2.46. The van der Waals surface area contributed by atoms with Crippen LogP contribution in [0.5, 0.6) is 0 Å². The lowest BCUT2D eigenvalue weighted by Gasteiger charge is -2.28. The molecule has 0 radical (unpaired) electrons. The molecule has 0 aliphatic carbocycles. The van der Waals surface area contributed by atoms with E-state index in [-0.39, 0.29) is 11.3 Å². The van der Waals surface area contributed by atoms with E-state index in [0.29, 0.717) is 5.69 Å². The maximum absolute atomic E-state index is 12.6. The number of benzene rings is 2. The first-order valence-electron chi connectivity index (χ1n) is 7.57. The number of para-hydroxylation sites is 2. The average molecular weight is 350 g/mol. The summed E-state index contributed by atoms with van der Waals surface area (Å²) in [6, 6.07) is 13.0. The van der Waals surface area contributed by atoms with E-state index < -0.39 is 29.7 Å². The Morgan fingerprint density at radius 1 is 1.04 bits per heavy atom. The van der Waals surface area contributed by atoms with Crippen molar-refractivity contribution in [2.75, 3.05) is 4.90 Å². The van der Waals surface area contributed by atoms with E-state index >= 15 is 0 Å². The normalized spacial score (nSPS) is 17.5. The Balaban J connectivity index is 1.92. The van der Waals surface area contributed by atoms with Crippen molar-refractivity contribution in [3.63, 3.8) is 0 Å². The molecular formula is C18H12N3O5-. The van der Waals surface area contributed by atoms with Gasteiger partial charge in [0.2, 0.25) is 5.91 Å². The molecule has 4 amide bonds. The number of aliphatic imine (C=N–C) groups is 1. The fourth-order valence-corrected chi connectivity index (χ4v) is 2.46. The summed E-state index contributed by atoms with van der Waals surface area (Å²) >= 11 is 0. The largest absolute Gasteiger partial charge is 0.545 e. The number of urea groups is 1. The Labute approximate surface area is 147 Å². The molecule has 1 unspecified atom stereocenters. The number of carbonyl (C=O) groups is 4. The number of aromatic carboxylic acids is 1. The van der Waals surface area contributed by atoms with Crippen LogP contribution >= 0.6 is 0 Å². The lowest BCUT2D eigenvalue weighted by atomic mass is 10.1. The Kier molecular flexibility index (Phi) is 4.57. The molecule has 1 aliphatic rings. The minimum Gasteiger partial charge on any atom is -0.545 e. The second-order valence-corrected chi connectivity index (χ2v) is 5.36. The molecule has 2 aromatic carbocycles. The van der Waals surface area contributed by atoms with E-state index in [4.69, 9.17) is 0 Å². The molecule has 1 fully saturated rings. The van der Waals surface area contributed by atoms with Gasteiger partial charge in [-0.05, 0) is 18.2 Å². The molecule has 8 nitrogen and oxygen atoms in total. The lowest BCUT2D eigenvalue weighted by molar-refractivity contribution is -0.254. The quantitative estimate of drug-likeness (QED) is 0.641. The number of anilines is 1. The maximum atomic E-state index is 12.6. The van der Waals surface area contributed by atoms with Gasteiger partial charge in [0.1, 0.15) is 0 Å². The number of amides is 4. The van der Waals surface area contributed by atoms with Gasteiger partial charge in [0, 0.05) is 11.8 Å². The van der Waals surface area contributed by atoms with Gasteiger partial charge in [-0.15, -0.1) is 0 Å². The van der Waals surface area contributed by atoms with Crippen LogP contribution in [-0.4, -0.2) is 30.0 Å². The molecule has 26 heavy (non-hydrogen) atoms. The zero-order valence-electron chi connectivity index (χ0n) is 13.3. The number of hydrogen-bond donors (Lipinski definition) is 1. The van der Waals surface area contributed by atoms with E-state index in [1.165, 1.54) is 18.2 Å². The summed E-state index contributed by atoms with van der Waals surface area (Å²) in [5.41, 5.74) is 0.163. The number of rotatable bonds is 4. The number of carboxylic acid groups (broad SMARTS) is 1. The van der Waals surface area contributed by atoms with Gasteiger partial charge in [-0.2, -0.15) is 0 Å². The van der Waals surface area contributed by atoms with Crippen molar-refractivity contribution in [3.05, 3.63) is 60.2 Å². The fraction of sp³-hybridized carbons (Fsp3) is 0.0556. The van der Waals surface area contributed by atoms with Crippen LogP contribution in [-0.2, 0) is 9.59 Å². The minimum absolute atomic E-state index is 0.0382. The highest BCUT2D eigenvalue weighted by atomic mass is 16.4. The third kappa shape index (κ3) is 3.20. The van der Waals surface area contributed by atoms with Crippen LogP contribution < -0.4 is 15.3 Å². The molecule has 130 valence electrons. The molecule has 1 heterocycles. The molecule has 2 aromatic rings. The van der Waals surface area contributed by atoms with Gasteiger partial charge in [-0.25, -0.2) is 9.69 Å². The molecule has 0 spiro atoms. The van der Waals surface area contributed by atoms with Crippen LogP contribution in [0.25, 0.3) is 0 Å². The number of nitrogens with zero attached hydrogens (tertiary/aromatic N) is 2. The number of carboxylic acids is 1. The van der Waals surface area contributed by atoms with Gasteiger partial charge in [-0.3, -0.25) is 19.9 Å². The number of nitrogens with one attached hydrogen (secondary N) is 1. The van der Waals surface area contributed by atoms with Crippen LogP contribution in [0.15, 0.2) is 59.6 Å². The highest BCUT2D eigenvalue weighted by Crippen LogP contribution is 2.21. The van der Waals surface area contributed by atoms with Crippen molar-refractivity contribution in [1.82, 2.24) is 5.32 Å². The van der Waals surface area contributed by atoms with Crippen molar-refractivity contribution < 1.29 is 24.3 Å². The standard InChI is InChI=1S/C18H13N3O5/c22-15-13(10-19-14-9-5-4-8-12(14)17(24)25)16(23)21(18(26)20-15)11-6-2-1-3-7-11/h1-10,13H,(H,24,25)(H,20,22,26)/p-1. The molecule has 0 saturated carbocycles. The minimum atomic E-state index is -1.43. The average Bonchev–Trinajstić information content (AvgIpc) is 2.62. The molecule has 8 heteroatoms. The first-order chi connectivity index (χ1) is 12.5. The number of hydrogen-bond acceptors (Lipinski definition) is 6. The monoisotopic (exact) mass is 350 g/mol. The predicted octanol–water partition coefficient (Wildman–Crippen LogP) is 0.652. The van der Waals surface area contributed by atoms with Crippen molar-refractivity contribution in [3.8, 4) is 0 Å². The summed E-state index contributed by atoms with van der Waals surface area (Å²) < 4.78 is 0. The molecule has 3 rings (SSSR count). The third-order valence-corrected chi connectivity index (χ3v) is 3.70. The summed E-state index contributed by atoms with van der Waals surface area (Å²) in [5.74, 6) is -4.41. The maximum Gasteiger partial charge on any atom is 0.335 e. The van der Waals surface area contributed by atoms with Crippen molar-refractivity contribution in [1.29, 1.82) is 0 Å². The lowest BCUT2D eigenvalue weighted by Crippen LogP contribution is -2.58. The van der Waals surface area contributed by atoms with Crippen molar-refractivity contribution in [2.45, 2.75) is 0 Å². The molecule has 1 saturated heterocycles. The van der Waals surface area contributed by atoms with Gasteiger partial charge in [0.15, 0.2) is 5.92 Å². The Morgan fingerprint density at radius 2 is 1.69 bits per heavy atom. The van der Waals surface area contributed by atoms with E-state index in [0.717, 1.165) is 11.1 Å². The van der Waals surface area contributed by atoms with Crippen molar-refractivity contribution >= 4 is 41.4 Å². The van der Waals surface area contributed by atoms with Crippen LogP contribution in [0.1, 0.15) is 10.4 Å². The van der Waals surface area contributed by atoms with Gasteiger partial charge in [0.05, 0.1) is 17.3 Å². The second-order valence-electron chi connectivity index (χ2n) is 5.36.